The van der Waals surface area contributed by atoms with Crippen LogP contribution in [0.2, 0.25) is 0 Å². The Labute approximate surface area is 210 Å². The highest BCUT2D eigenvalue weighted by molar-refractivity contribution is 5.96. The maximum Gasteiger partial charge on any atom is 0.254 e. The third kappa shape index (κ3) is 4.75. The van der Waals surface area contributed by atoms with E-state index < -0.39 is 0 Å². The first kappa shape index (κ1) is 24.1. The summed E-state index contributed by atoms with van der Waals surface area (Å²) in [6.45, 7) is 9.43. The number of nitrogens with zero attached hydrogens (tertiary/aromatic N) is 3. The Morgan fingerprint density at radius 3 is 2.46 bits per heavy atom. The Kier molecular flexibility index (Phi) is 6.97. The van der Waals surface area contributed by atoms with Gasteiger partial charge in [0.25, 0.3) is 5.91 Å². The van der Waals surface area contributed by atoms with Gasteiger partial charge in [0.05, 0.1) is 5.54 Å². The second-order valence-corrected chi connectivity index (χ2v) is 11.1. The van der Waals surface area contributed by atoms with Gasteiger partial charge in [0.1, 0.15) is 0 Å². The van der Waals surface area contributed by atoms with Gasteiger partial charge < -0.3 is 9.80 Å². The van der Waals surface area contributed by atoms with E-state index in [9.17, 15) is 9.59 Å². The van der Waals surface area contributed by atoms with E-state index in [-0.39, 0.29) is 23.3 Å². The summed E-state index contributed by atoms with van der Waals surface area (Å²) in [4.78, 5) is 34.0. The van der Waals surface area contributed by atoms with Crippen LogP contribution in [0, 0.1) is 5.92 Å². The molecule has 2 aromatic rings. The van der Waals surface area contributed by atoms with Crippen molar-refractivity contribution in [2.45, 2.75) is 64.0 Å². The van der Waals surface area contributed by atoms with Gasteiger partial charge in [-0.05, 0) is 61.9 Å². The molecule has 1 spiro atoms. The average molecular weight is 474 g/mol. The Morgan fingerprint density at radius 2 is 1.71 bits per heavy atom. The molecule has 5 rings (SSSR count). The molecule has 5 nitrogen and oxygen atoms in total. The monoisotopic (exact) mass is 473 g/mol. The molecule has 0 aliphatic carbocycles. The fourth-order valence-corrected chi connectivity index (χ4v) is 6.61. The van der Waals surface area contributed by atoms with E-state index >= 15 is 0 Å². The molecular weight excluding hydrogens is 434 g/mol. The predicted octanol–water partition coefficient (Wildman–Crippen LogP) is 4.93. The van der Waals surface area contributed by atoms with Gasteiger partial charge in [0.15, 0.2) is 0 Å². The van der Waals surface area contributed by atoms with E-state index in [2.05, 4.69) is 54.0 Å². The Hall–Kier alpha value is -2.66. The van der Waals surface area contributed by atoms with Gasteiger partial charge in [-0.25, -0.2) is 0 Å². The third-order valence-electron chi connectivity index (χ3n) is 8.23. The third-order valence-corrected chi connectivity index (χ3v) is 8.23. The van der Waals surface area contributed by atoms with Crippen LogP contribution in [0.25, 0.3) is 0 Å². The molecule has 3 heterocycles. The van der Waals surface area contributed by atoms with E-state index in [1.165, 1.54) is 18.4 Å². The van der Waals surface area contributed by atoms with Crippen molar-refractivity contribution in [3.05, 3.63) is 71.3 Å². The minimum absolute atomic E-state index is 0.111. The van der Waals surface area contributed by atoms with E-state index in [1.807, 2.05) is 29.2 Å². The zero-order valence-corrected chi connectivity index (χ0v) is 21.3. The lowest BCUT2D eigenvalue weighted by Crippen LogP contribution is -2.59. The SMILES string of the molecule is CC(C)CN1C(=O)CCC[C@]12CN(C(=O)c1ccccc1CN1CCCC1)C[C@H]2c1ccccc1. The Balaban J connectivity index is 1.49. The van der Waals surface area contributed by atoms with Crippen LogP contribution in [0.5, 0.6) is 0 Å². The van der Waals surface area contributed by atoms with Crippen molar-refractivity contribution in [3.8, 4) is 0 Å². The molecule has 3 aliphatic heterocycles. The lowest BCUT2D eigenvalue weighted by molar-refractivity contribution is -0.143. The minimum Gasteiger partial charge on any atom is -0.336 e. The minimum atomic E-state index is -0.333. The van der Waals surface area contributed by atoms with E-state index in [4.69, 9.17) is 0 Å². The number of amides is 2. The second-order valence-electron chi connectivity index (χ2n) is 11.1. The molecule has 0 saturated carbocycles. The molecule has 3 saturated heterocycles. The molecule has 2 aromatic carbocycles. The van der Waals surface area contributed by atoms with Crippen LogP contribution in [0.1, 0.15) is 73.4 Å². The maximum atomic E-state index is 14.1. The predicted molar refractivity (Wildman–Crippen MR) is 139 cm³/mol. The number of hydrogen-bond donors (Lipinski definition) is 0. The lowest BCUT2D eigenvalue weighted by Gasteiger charge is -2.49. The van der Waals surface area contributed by atoms with E-state index in [1.54, 1.807) is 0 Å². The molecule has 35 heavy (non-hydrogen) atoms. The fraction of sp³-hybridized carbons (Fsp3) is 0.533. The topological polar surface area (TPSA) is 43.9 Å². The summed E-state index contributed by atoms with van der Waals surface area (Å²) < 4.78 is 0. The van der Waals surface area contributed by atoms with Gasteiger partial charge in [-0.2, -0.15) is 0 Å². The van der Waals surface area contributed by atoms with Crippen LogP contribution in [0.15, 0.2) is 54.6 Å². The Morgan fingerprint density at radius 1 is 1.00 bits per heavy atom. The van der Waals surface area contributed by atoms with Gasteiger partial charge in [-0.1, -0.05) is 62.4 Å². The highest BCUT2D eigenvalue weighted by Gasteiger charge is 2.55. The van der Waals surface area contributed by atoms with Crippen molar-refractivity contribution in [1.82, 2.24) is 14.7 Å². The second kappa shape index (κ2) is 10.1. The van der Waals surface area contributed by atoms with Crippen molar-refractivity contribution in [3.63, 3.8) is 0 Å². The summed E-state index contributed by atoms with van der Waals surface area (Å²) in [7, 11) is 0. The summed E-state index contributed by atoms with van der Waals surface area (Å²) >= 11 is 0. The molecule has 2 atom stereocenters. The van der Waals surface area contributed by atoms with Crippen molar-refractivity contribution >= 4 is 11.8 Å². The molecule has 3 aliphatic rings. The molecule has 0 unspecified atom stereocenters. The molecular formula is C30H39N3O2. The average Bonchev–Trinajstić information content (AvgIpc) is 3.51. The van der Waals surface area contributed by atoms with E-state index in [0.29, 0.717) is 25.4 Å². The van der Waals surface area contributed by atoms with Crippen LogP contribution < -0.4 is 0 Å². The van der Waals surface area contributed by atoms with Crippen molar-refractivity contribution in [2.24, 2.45) is 5.92 Å². The number of likely N-dealkylation sites (tertiary alicyclic amines) is 3. The molecule has 0 aromatic heterocycles. The fourth-order valence-electron chi connectivity index (χ4n) is 6.61. The smallest absolute Gasteiger partial charge is 0.254 e. The quantitative estimate of drug-likeness (QED) is 0.598. The van der Waals surface area contributed by atoms with Crippen molar-refractivity contribution in [2.75, 3.05) is 32.7 Å². The molecule has 0 bridgehead atoms. The first-order valence-electron chi connectivity index (χ1n) is 13.4. The normalized spacial score (nSPS) is 25.2. The van der Waals surface area contributed by atoms with Gasteiger partial charge in [0.2, 0.25) is 5.91 Å². The number of carbonyl (C=O) groups excluding carboxylic acids is 2. The van der Waals surface area contributed by atoms with Crippen LogP contribution in [-0.4, -0.2) is 64.8 Å². The molecule has 186 valence electrons. The molecule has 3 fully saturated rings. The zero-order chi connectivity index (χ0) is 24.4. The first-order chi connectivity index (χ1) is 17.0. The van der Waals surface area contributed by atoms with E-state index in [0.717, 1.165) is 50.1 Å². The number of hydrogen-bond acceptors (Lipinski definition) is 3. The number of carbonyl (C=O) groups is 2. The zero-order valence-electron chi connectivity index (χ0n) is 21.3. The summed E-state index contributed by atoms with van der Waals surface area (Å²) in [5.41, 5.74) is 2.84. The Bertz CT molecular complexity index is 1050. The highest BCUT2D eigenvalue weighted by atomic mass is 16.2. The largest absolute Gasteiger partial charge is 0.336 e. The van der Waals surface area contributed by atoms with Crippen LogP contribution in [-0.2, 0) is 11.3 Å². The van der Waals surface area contributed by atoms with Gasteiger partial charge >= 0.3 is 0 Å². The summed E-state index contributed by atoms with van der Waals surface area (Å²) in [6.07, 6.45) is 4.93. The van der Waals surface area contributed by atoms with Crippen molar-refractivity contribution < 1.29 is 9.59 Å². The van der Waals surface area contributed by atoms with Crippen LogP contribution in [0.4, 0.5) is 0 Å². The van der Waals surface area contributed by atoms with Crippen LogP contribution >= 0.6 is 0 Å². The number of piperidine rings is 1. The van der Waals surface area contributed by atoms with Crippen molar-refractivity contribution in [1.29, 1.82) is 0 Å². The molecule has 0 radical (unpaired) electrons. The summed E-state index contributed by atoms with van der Waals surface area (Å²) in [6, 6.07) is 18.7. The number of rotatable bonds is 6. The molecule has 2 amide bonds. The van der Waals surface area contributed by atoms with Gasteiger partial charge in [-0.3, -0.25) is 14.5 Å². The molecule has 0 N–H and O–H groups in total. The van der Waals surface area contributed by atoms with Gasteiger partial charge in [-0.15, -0.1) is 0 Å². The maximum absolute atomic E-state index is 14.1. The summed E-state index contributed by atoms with van der Waals surface area (Å²) in [5, 5.41) is 0. The standard InChI is InChI=1S/C30H39N3O2/c1-23(2)19-33-28(34)15-10-16-30(33)22-32(21-27(30)24-11-4-3-5-12-24)29(35)26-14-7-6-13-25(26)20-31-17-8-9-18-31/h3-7,11-14,23,27H,8-10,15-22H2,1-2H3/t27-,30+/m0/s1. The summed E-state index contributed by atoms with van der Waals surface area (Å²) in [5.74, 6) is 0.868. The lowest BCUT2D eigenvalue weighted by atomic mass is 9.74. The molecule has 5 heteroatoms. The first-order valence-corrected chi connectivity index (χ1v) is 13.4. The number of benzene rings is 2. The van der Waals surface area contributed by atoms with Gasteiger partial charge in [0, 0.05) is 44.1 Å². The highest BCUT2D eigenvalue weighted by Crippen LogP contribution is 2.47. The van der Waals surface area contributed by atoms with Crippen LogP contribution in [0.3, 0.4) is 0 Å².